The highest BCUT2D eigenvalue weighted by atomic mass is 35.5. The molecular weight excluding hydrogens is 272 g/mol. The summed E-state index contributed by atoms with van der Waals surface area (Å²) in [5.74, 6) is 0.734. The molecule has 0 spiro atoms. The van der Waals surface area contributed by atoms with Crippen molar-refractivity contribution in [2.75, 3.05) is 19.0 Å². The van der Waals surface area contributed by atoms with Gasteiger partial charge in [-0.15, -0.1) is 0 Å². The molecule has 0 aliphatic rings. The SMILES string of the molecule is COc1ccc(C#N)c(NCCc2ccc(Cl)cc2)c1. The normalized spacial score (nSPS) is 9.85. The molecule has 0 unspecified atom stereocenters. The lowest BCUT2D eigenvalue weighted by Gasteiger charge is -2.10. The number of anilines is 1. The van der Waals surface area contributed by atoms with Crippen LogP contribution in [0.1, 0.15) is 11.1 Å². The van der Waals surface area contributed by atoms with Crippen LogP contribution in [0.2, 0.25) is 5.02 Å². The summed E-state index contributed by atoms with van der Waals surface area (Å²) in [5, 5.41) is 13.1. The van der Waals surface area contributed by atoms with E-state index in [0.29, 0.717) is 5.56 Å². The van der Waals surface area contributed by atoms with Crippen LogP contribution in [0.3, 0.4) is 0 Å². The summed E-state index contributed by atoms with van der Waals surface area (Å²) in [6.45, 7) is 0.740. The first-order valence-corrected chi connectivity index (χ1v) is 6.67. The number of nitriles is 1. The Morgan fingerprint density at radius 1 is 1.20 bits per heavy atom. The molecule has 0 saturated heterocycles. The third-order valence-electron chi connectivity index (χ3n) is 2.99. The average molecular weight is 287 g/mol. The van der Waals surface area contributed by atoms with Crippen molar-refractivity contribution >= 4 is 17.3 Å². The maximum Gasteiger partial charge on any atom is 0.121 e. The first-order chi connectivity index (χ1) is 9.72. The van der Waals surface area contributed by atoms with Gasteiger partial charge in [0.2, 0.25) is 0 Å². The summed E-state index contributed by atoms with van der Waals surface area (Å²) in [7, 11) is 1.61. The number of benzene rings is 2. The van der Waals surface area contributed by atoms with E-state index in [4.69, 9.17) is 21.6 Å². The van der Waals surface area contributed by atoms with Gasteiger partial charge in [-0.3, -0.25) is 0 Å². The second kappa shape index (κ2) is 6.83. The highest BCUT2D eigenvalue weighted by Crippen LogP contribution is 2.21. The summed E-state index contributed by atoms with van der Waals surface area (Å²) in [5.41, 5.74) is 2.60. The zero-order valence-corrected chi connectivity index (χ0v) is 11.9. The fourth-order valence-corrected chi connectivity index (χ4v) is 2.01. The predicted octanol–water partition coefficient (Wildman–Crippen LogP) is 3.87. The number of nitrogens with zero attached hydrogens (tertiary/aromatic N) is 1. The Bertz CT molecular complexity index is 617. The number of hydrogen-bond donors (Lipinski definition) is 1. The van der Waals surface area contributed by atoms with Gasteiger partial charge in [0.05, 0.1) is 18.4 Å². The largest absolute Gasteiger partial charge is 0.497 e. The maximum absolute atomic E-state index is 9.08. The lowest BCUT2D eigenvalue weighted by atomic mass is 10.1. The fraction of sp³-hybridized carbons (Fsp3) is 0.188. The Morgan fingerprint density at radius 3 is 2.60 bits per heavy atom. The summed E-state index contributed by atoms with van der Waals surface area (Å²) >= 11 is 5.85. The molecule has 1 N–H and O–H groups in total. The van der Waals surface area contributed by atoms with E-state index in [-0.39, 0.29) is 0 Å². The smallest absolute Gasteiger partial charge is 0.121 e. The zero-order valence-electron chi connectivity index (χ0n) is 11.2. The number of rotatable bonds is 5. The van der Waals surface area contributed by atoms with E-state index in [1.54, 1.807) is 19.2 Å². The molecule has 0 fully saturated rings. The Balaban J connectivity index is 2.00. The van der Waals surface area contributed by atoms with Crippen LogP contribution in [-0.4, -0.2) is 13.7 Å². The minimum atomic E-state index is 0.613. The van der Waals surface area contributed by atoms with E-state index in [0.717, 1.165) is 29.4 Å². The molecule has 0 radical (unpaired) electrons. The average Bonchev–Trinajstić information content (AvgIpc) is 2.49. The molecule has 20 heavy (non-hydrogen) atoms. The van der Waals surface area contributed by atoms with Crippen LogP contribution in [0.25, 0.3) is 0 Å². The van der Waals surface area contributed by atoms with Crippen LogP contribution in [0.5, 0.6) is 5.75 Å². The molecular formula is C16H15ClN2O. The fourth-order valence-electron chi connectivity index (χ4n) is 1.89. The number of ether oxygens (including phenoxy) is 1. The van der Waals surface area contributed by atoms with Gasteiger partial charge in [-0.25, -0.2) is 0 Å². The zero-order chi connectivity index (χ0) is 14.4. The van der Waals surface area contributed by atoms with E-state index in [9.17, 15) is 0 Å². The summed E-state index contributed by atoms with van der Waals surface area (Å²) < 4.78 is 5.17. The van der Waals surface area contributed by atoms with E-state index >= 15 is 0 Å². The van der Waals surface area contributed by atoms with Crippen molar-refractivity contribution in [2.45, 2.75) is 6.42 Å². The molecule has 0 heterocycles. The topological polar surface area (TPSA) is 45.0 Å². The van der Waals surface area contributed by atoms with Gasteiger partial charge in [0.1, 0.15) is 11.8 Å². The van der Waals surface area contributed by atoms with Gasteiger partial charge >= 0.3 is 0 Å². The maximum atomic E-state index is 9.08. The minimum Gasteiger partial charge on any atom is -0.497 e. The molecule has 0 aliphatic carbocycles. The number of methoxy groups -OCH3 is 1. The van der Waals surface area contributed by atoms with Crippen molar-refractivity contribution in [1.29, 1.82) is 5.26 Å². The van der Waals surface area contributed by atoms with Crippen LogP contribution in [-0.2, 0) is 6.42 Å². The molecule has 3 nitrogen and oxygen atoms in total. The van der Waals surface area contributed by atoms with Gasteiger partial charge in [0, 0.05) is 17.6 Å². The highest BCUT2D eigenvalue weighted by Gasteiger charge is 2.03. The minimum absolute atomic E-state index is 0.613. The molecule has 0 bridgehead atoms. The summed E-state index contributed by atoms with van der Waals surface area (Å²) in [6, 6.07) is 15.3. The van der Waals surface area contributed by atoms with E-state index in [1.807, 2.05) is 30.3 Å². The predicted molar refractivity (Wildman–Crippen MR) is 81.4 cm³/mol. The van der Waals surface area contributed by atoms with E-state index < -0.39 is 0 Å². The van der Waals surface area contributed by atoms with E-state index in [1.165, 1.54) is 5.56 Å². The summed E-state index contributed by atoms with van der Waals surface area (Å²) in [6.07, 6.45) is 0.860. The second-order valence-electron chi connectivity index (χ2n) is 4.33. The lowest BCUT2D eigenvalue weighted by Crippen LogP contribution is -2.06. The molecule has 0 aromatic heterocycles. The molecule has 2 aromatic rings. The monoisotopic (exact) mass is 286 g/mol. The molecule has 0 amide bonds. The first kappa shape index (κ1) is 14.2. The van der Waals surface area contributed by atoms with Gasteiger partial charge in [-0.1, -0.05) is 23.7 Å². The van der Waals surface area contributed by atoms with Crippen molar-refractivity contribution in [3.63, 3.8) is 0 Å². The van der Waals surface area contributed by atoms with Crippen molar-refractivity contribution in [1.82, 2.24) is 0 Å². The van der Waals surface area contributed by atoms with Crippen molar-refractivity contribution < 1.29 is 4.74 Å². The third-order valence-corrected chi connectivity index (χ3v) is 3.24. The van der Waals surface area contributed by atoms with Gasteiger partial charge in [0.25, 0.3) is 0 Å². The second-order valence-corrected chi connectivity index (χ2v) is 4.76. The quantitative estimate of drug-likeness (QED) is 0.907. The van der Waals surface area contributed by atoms with Crippen LogP contribution in [0.15, 0.2) is 42.5 Å². The molecule has 4 heteroatoms. The Kier molecular flexibility index (Phi) is 4.86. The molecule has 2 rings (SSSR count). The highest BCUT2D eigenvalue weighted by molar-refractivity contribution is 6.30. The molecule has 0 aliphatic heterocycles. The number of nitrogens with one attached hydrogen (secondary N) is 1. The summed E-state index contributed by atoms with van der Waals surface area (Å²) in [4.78, 5) is 0. The Hall–Kier alpha value is -2.18. The van der Waals surface area contributed by atoms with Crippen molar-refractivity contribution in [3.05, 3.63) is 58.6 Å². The molecule has 0 saturated carbocycles. The van der Waals surface area contributed by atoms with E-state index in [2.05, 4.69) is 11.4 Å². The Morgan fingerprint density at radius 2 is 1.95 bits per heavy atom. The van der Waals surface area contributed by atoms with Crippen molar-refractivity contribution in [2.24, 2.45) is 0 Å². The number of halogens is 1. The van der Waals surface area contributed by atoms with Gasteiger partial charge < -0.3 is 10.1 Å². The lowest BCUT2D eigenvalue weighted by molar-refractivity contribution is 0.415. The molecule has 2 aromatic carbocycles. The van der Waals surface area contributed by atoms with Gasteiger partial charge in [0.15, 0.2) is 0 Å². The van der Waals surface area contributed by atoms with Gasteiger partial charge in [-0.2, -0.15) is 5.26 Å². The molecule has 0 atom stereocenters. The van der Waals surface area contributed by atoms with Crippen LogP contribution in [0, 0.1) is 11.3 Å². The van der Waals surface area contributed by atoms with Crippen molar-refractivity contribution in [3.8, 4) is 11.8 Å². The third kappa shape index (κ3) is 3.66. The van der Waals surface area contributed by atoms with Gasteiger partial charge in [-0.05, 0) is 36.2 Å². The first-order valence-electron chi connectivity index (χ1n) is 6.29. The Labute approximate surface area is 123 Å². The number of hydrogen-bond acceptors (Lipinski definition) is 3. The van der Waals surface area contributed by atoms with Crippen LogP contribution >= 0.6 is 11.6 Å². The van der Waals surface area contributed by atoms with Crippen LogP contribution < -0.4 is 10.1 Å². The molecule has 102 valence electrons. The standard InChI is InChI=1S/C16H15ClN2O/c1-20-15-7-4-13(11-18)16(10-15)19-9-8-12-2-5-14(17)6-3-12/h2-7,10,19H,8-9H2,1H3. The van der Waals surface area contributed by atoms with Crippen LogP contribution in [0.4, 0.5) is 5.69 Å².